The molecular formula is C14H28N2O3. The molecule has 1 unspecified atom stereocenters. The van der Waals surface area contributed by atoms with Crippen molar-refractivity contribution in [3.63, 3.8) is 0 Å². The molecule has 0 heterocycles. The SMILES string of the molecule is CC(C)CNC(=O)C(C)N(CCC(=O)O)C(C)(C)C. The third kappa shape index (κ3) is 7.15. The lowest BCUT2D eigenvalue weighted by Gasteiger charge is -2.39. The Balaban J connectivity index is 4.66. The van der Waals surface area contributed by atoms with E-state index in [2.05, 4.69) is 5.32 Å². The molecule has 1 atom stereocenters. The fourth-order valence-electron chi connectivity index (χ4n) is 1.92. The van der Waals surface area contributed by atoms with Gasteiger partial charge in [0.05, 0.1) is 12.5 Å². The van der Waals surface area contributed by atoms with Gasteiger partial charge in [0.25, 0.3) is 0 Å². The number of carbonyl (C=O) groups is 2. The van der Waals surface area contributed by atoms with Crippen molar-refractivity contribution in [1.29, 1.82) is 0 Å². The molecule has 1 amide bonds. The van der Waals surface area contributed by atoms with Gasteiger partial charge in [0.1, 0.15) is 0 Å². The van der Waals surface area contributed by atoms with Gasteiger partial charge in [-0.05, 0) is 33.6 Å². The Morgan fingerprint density at radius 2 is 1.74 bits per heavy atom. The van der Waals surface area contributed by atoms with Gasteiger partial charge in [-0.1, -0.05) is 13.8 Å². The number of carboxylic acid groups (broad SMARTS) is 1. The van der Waals surface area contributed by atoms with Gasteiger partial charge >= 0.3 is 5.97 Å². The number of rotatable bonds is 7. The largest absolute Gasteiger partial charge is 0.481 e. The molecule has 0 aromatic rings. The van der Waals surface area contributed by atoms with Crippen LogP contribution in [-0.2, 0) is 9.59 Å². The van der Waals surface area contributed by atoms with E-state index in [-0.39, 0.29) is 23.9 Å². The van der Waals surface area contributed by atoms with E-state index in [0.29, 0.717) is 19.0 Å². The van der Waals surface area contributed by atoms with Crippen molar-refractivity contribution in [2.75, 3.05) is 13.1 Å². The summed E-state index contributed by atoms with van der Waals surface area (Å²) in [5, 5.41) is 11.7. The maximum atomic E-state index is 12.1. The number of hydrogen-bond donors (Lipinski definition) is 2. The summed E-state index contributed by atoms with van der Waals surface area (Å²) in [5.41, 5.74) is -0.246. The fraction of sp³-hybridized carbons (Fsp3) is 0.857. The molecule has 0 aromatic heterocycles. The summed E-state index contributed by atoms with van der Waals surface area (Å²) in [6.07, 6.45) is 0.0407. The van der Waals surface area contributed by atoms with Crippen molar-refractivity contribution in [1.82, 2.24) is 10.2 Å². The minimum Gasteiger partial charge on any atom is -0.481 e. The summed E-state index contributed by atoms with van der Waals surface area (Å²) in [5.74, 6) is -0.490. The van der Waals surface area contributed by atoms with Crippen LogP contribution < -0.4 is 5.32 Å². The third-order valence-corrected chi connectivity index (χ3v) is 2.96. The molecule has 2 N–H and O–H groups in total. The van der Waals surface area contributed by atoms with Crippen LogP contribution in [0.4, 0.5) is 0 Å². The molecule has 0 saturated carbocycles. The summed E-state index contributed by atoms with van der Waals surface area (Å²) >= 11 is 0. The highest BCUT2D eigenvalue weighted by molar-refractivity contribution is 5.81. The lowest BCUT2D eigenvalue weighted by atomic mass is 10.0. The zero-order valence-electron chi connectivity index (χ0n) is 13.0. The maximum absolute atomic E-state index is 12.1. The van der Waals surface area contributed by atoms with Crippen molar-refractivity contribution in [2.24, 2.45) is 5.92 Å². The lowest BCUT2D eigenvalue weighted by Crippen LogP contribution is -2.54. The van der Waals surface area contributed by atoms with Gasteiger partial charge in [-0.2, -0.15) is 0 Å². The summed E-state index contributed by atoms with van der Waals surface area (Å²) in [7, 11) is 0. The Bertz CT molecular complexity index is 308. The van der Waals surface area contributed by atoms with Crippen LogP contribution in [0.15, 0.2) is 0 Å². The quantitative estimate of drug-likeness (QED) is 0.740. The van der Waals surface area contributed by atoms with Gasteiger partial charge in [-0.15, -0.1) is 0 Å². The fourth-order valence-corrected chi connectivity index (χ4v) is 1.92. The molecule has 0 saturated heterocycles. The number of amides is 1. The van der Waals surface area contributed by atoms with E-state index in [1.807, 2.05) is 46.4 Å². The topological polar surface area (TPSA) is 69.6 Å². The van der Waals surface area contributed by atoms with E-state index in [9.17, 15) is 9.59 Å². The zero-order chi connectivity index (χ0) is 15.2. The van der Waals surface area contributed by atoms with Crippen LogP contribution in [0.5, 0.6) is 0 Å². The molecule has 0 spiro atoms. The number of nitrogens with zero attached hydrogens (tertiary/aromatic N) is 1. The van der Waals surface area contributed by atoms with Crippen molar-refractivity contribution in [3.8, 4) is 0 Å². The second-order valence-electron chi connectivity index (χ2n) is 6.32. The lowest BCUT2D eigenvalue weighted by molar-refractivity contribution is -0.139. The molecule has 19 heavy (non-hydrogen) atoms. The Labute approximate surface area is 116 Å². The van der Waals surface area contributed by atoms with Crippen LogP contribution in [0.2, 0.25) is 0 Å². The first-order valence-electron chi connectivity index (χ1n) is 6.82. The average molecular weight is 272 g/mol. The Morgan fingerprint density at radius 1 is 1.21 bits per heavy atom. The zero-order valence-corrected chi connectivity index (χ0v) is 13.0. The standard InChI is InChI=1S/C14H28N2O3/c1-10(2)9-15-13(19)11(3)16(14(4,5)6)8-7-12(17)18/h10-11H,7-9H2,1-6H3,(H,15,19)(H,17,18). The number of hydrogen-bond acceptors (Lipinski definition) is 3. The highest BCUT2D eigenvalue weighted by Gasteiger charge is 2.30. The van der Waals surface area contributed by atoms with Gasteiger partial charge in [-0.3, -0.25) is 14.5 Å². The molecule has 0 radical (unpaired) electrons. The van der Waals surface area contributed by atoms with Crippen LogP contribution in [0, 0.1) is 5.92 Å². The van der Waals surface area contributed by atoms with Crippen LogP contribution in [0.1, 0.15) is 48.0 Å². The molecular weight excluding hydrogens is 244 g/mol. The number of carboxylic acids is 1. The Kier molecular flexibility index (Phi) is 7.05. The molecule has 0 rings (SSSR count). The third-order valence-electron chi connectivity index (χ3n) is 2.96. The van der Waals surface area contributed by atoms with E-state index in [1.165, 1.54) is 0 Å². The van der Waals surface area contributed by atoms with Crippen molar-refractivity contribution in [3.05, 3.63) is 0 Å². The number of aliphatic carboxylic acids is 1. The van der Waals surface area contributed by atoms with Crippen molar-refractivity contribution >= 4 is 11.9 Å². The van der Waals surface area contributed by atoms with Gasteiger partial charge in [0.15, 0.2) is 0 Å². The van der Waals surface area contributed by atoms with Crippen molar-refractivity contribution < 1.29 is 14.7 Å². The highest BCUT2D eigenvalue weighted by Crippen LogP contribution is 2.17. The summed E-state index contributed by atoms with van der Waals surface area (Å²) < 4.78 is 0. The predicted molar refractivity (Wildman–Crippen MR) is 76.0 cm³/mol. The molecule has 0 aliphatic carbocycles. The molecule has 0 aromatic carbocycles. The van der Waals surface area contributed by atoms with Gasteiger partial charge in [-0.25, -0.2) is 0 Å². The Morgan fingerprint density at radius 3 is 2.11 bits per heavy atom. The van der Waals surface area contributed by atoms with E-state index >= 15 is 0 Å². The molecule has 112 valence electrons. The Hall–Kier alpha value is -1.10. The molecule has 5 heteroatoms. The monoisotopic (exact) mass is 272 g/mol. The van der Waals surface area contributed by atoms with E-state index in [0.717, 1.165) is 0 Å². The first-order valence-corrected chi connectivity index (χ1v) is 6.82. The minimum atomic E-state index is -0.843. The molecule has 0 fully saturated rings. The average Bonchev–Trinajstić information content (AvgIpc) is 2.23. The van der Waals surface area contributed by atoms with E-state index < -0.39 is 5.97 Å². The molecule has 0 aliphatic heterocycles. The highest BCUT2D eigenvalue weighted by atomic mass is 16.4. The summed E-state index contributed by atoms with van der Waals surface area (Å²) in [4.78, 5) is 24.7. The van der Waals surface area contributed by atoms with Crippen LogP contribution in [0.3, 0.4) is 0 Å². The maximum Gasteiger partial charge on any atom is 0.304 e. The van der Waals surface area contributed by atoms with Gasteiger partial charge < -0.3 is 10.4 Å². The molecule has 5 nitrogen and oxygen atoms in total. The first kappa shape index (κ1) is 17.9. The second-order valence-corrected chi connectivity index (χ2v) is 6.32. The van der Waals surface area contributed by atoms with E-state index in [4.69, 9.17) is 5.11 Å². The van der Waals surface area contributed by atoms with Crippen LogP contribution in [0.25, 0.3) is 0 Å². The minimum absolute atomic E-state index is 0.0407. The first-order chi connectivity index (χ1) is 8.55. The second kappa shape index (κ2) is 7.48. The molecule has 0 bridgehead atoms. The number of nitrogens with one attached hydrogen (secondary N) is 1. The molecule has 0 aliphatic rings. The normalized spacial score (nSPS) is 13.7. The predicted octanol–water partition coefficient (Wildman–Crippen LogP) is 1.72. The van der Waals surface area contributed by atoms with Gasteiger partial charge in [0, 0.05) is 18.6 Å². The summed E-state index contributed by atoms with van der Waals surface area (Å²) in [6.45, 7) is 12.9. The van der Waals surface area contributed by atoms with E-state index in [1.54, 1.807) is 0 Å². The smallest absolute Gasteiger partial charge is 0.304 e. The number of carbonyl (C=O) groups excluding carboxylic acids is 1. The van der Waals surface area contributed by atoms with Crippen molar-refractivity contribution in [2.45, 2.75) is 59.5 Å². The summed E-state index contributed by atoms with van der Waals surface area (Å²) in [6, 6.07) is -0.335. The van der Waals surface area contributed by atoms with Crippen LogP contribution >= 0.6 is 0 Å². The van der Waals surface area contributed by atoms with Crippen LogP contribution in [-0.4, -0.2) is 46.6 Å². The van der Waals surface area contributed by atoms with Gasteiger partial charge in [0.2, 0.25) is 5.91 Å².